The van der Waals surface area contributed by atoms with Crippen molar-refractivity contribution in [1.29, 1.82) is 0 Å². The summed E-state index contributed by atoms with van der Waals surface area (Å²) in [4.78, 5) is 2.86. The number of sulfonamides is 1. The van der Waals surface area contributed by atoms with Crippen LogP contribution in [0.15, 0.2) is 23.1 Å². The molecule has 2 rings (SSSR count). The number of nitrogens with zero attached hydrogens (tertiary/aromatic N) is 1. The number of nitrogens with one attached hydrogen (secondary N) is 1. The van der Waals surface area contributed by atoms with Crippen LogP contribution in [-0.2, 0) is 10.0 Å². The third kappa shape index (κ3) is 5.30. The van der Waals surface area contributed by atoms with E-state index in [1.54, 1.807) is 6.07 Å². The molecule has 0 spiro atoms. The molecular weight excluding hydrogens is 308 g/mol. The zero-order valence-electron chi connectivity index (χ0n) is 14.8. The summed E-state index contributed by atoms with van der Waals surface area (Å²) in [6.07, 6.45) is 2.15. The van der Waals surface area contributed by atoms with Crippen molar-refractivity contribution >= 4 is 10.0 Å². The van der Waals surface area contributed by atoms with Crippen molar-refractivity contribution in [3.63, 3.8) is 0 Å². The van der Waals surface area contributed by atoms with Crippen molar-refractivity contribution in [2.45, 2.75) is 45.4 Å². The molecule has 1 aromatic carbocycles. The second-order valence-electron chi connectivity index (χ2n) is 7.23. The van der Waals surface area contributed by atoms with Crippen LogP contribution < -0.4 is 4.72 Å². The average molecular weight is 339 g/mol. The summed E-state index contributed by atoms with van der Waals surface area (Å²) in [6, 6.07) is 5.54. The Morgan fingerprint density at radius 2 is 1.83 bits per heavy atom. The summed E-state index contributed by atoms with van der Waals surface area (Å²) in [7, 11) is -3.41. The monoisotopic (exact) mass is 338 g/mol. The van der Waals surface area contributed by atoms with Gasteiger partial charge in [-0.1, -0.05) is 26.0 Å². The fraction of sp³-hybridized carbons (Fsp3) is 0.667. The lowest BCUT2D eigenvalue weighted by Gasteiger charge is -2.34. The van der Waals surface area contributed by atoms with Gasteiger partial charge in [0.15, 0.2) is 0 Å². The molecule has 0 aliphatic carbocycles. The normalized spacial score (nSPS) is 23.1. The molecule has 130 valence electrons. The third-order valence-electron chi connectivity index (χ3n) is 4.52. The molecule has 1 saturated heterocycles. The van der Waals surface area contributed by atoms with Crippen LogP contribution >= 0.6 is 0 Å². The number of hydrogen-bond donors (Lipinski definition) is 1. The first-order chi connectivity index (χ1) is 10.8. The Bertz CT molecular complexity index is 618. The van der Waals surface area contributed by atoms with Gasteiger partial charge in [-0.25, -0.2) is 13.1 Å². The van der Waals surface area contributed by atoms with Crippen molar-refractivity contribution < 1.29 is 8.42 Å². The molecule has 1 aliphatic heterocycles. The van der Waals surface area contributed by atoms with E-state index in [2.05, 4.69) is 23.5 Å². The maximum Gasteiger partial charge on any atom is 0.240 e. The van der Waals surface area contributed by atoms with E-state index in [4.69, 9.17) is 0 Å². The molecular formula is C18H30N2O2S. The van der Waals surface area contributed by atoms with Gasteiger partial charge in [0.05, 0.1) is 4.90 Å². The van der Waals surface area contributed by atoms with E-state index in [1.807, 2.05) is 26.0 Å². The van der Waals surface area contributed by atoms with Crippen LogP contribution in [0.1, 0.15) is 37.8 Å². The molecule has 1 N–H and O–H groups in total. The number of hydrogen-bond acceptors (Lipinski definition) is 3. The van der Waals surface area contributed by atoms with Crippen LogP contribution in [0.4, 0.5) is 0 Å². The van der Waals surface area contributed by atoms with Crippen molar-refractivity contribution in [3.05, 3.63) is 29.3 Å². The molecule has 1 aromatic rings. The van der Waals surface area contributed by atoms with Crippen LogP contribution in [0.2, 0.25) is 0 Å². The summed E-state index contributed by atoms with van der Waals surface area (Å²) < 4.78 is 27.6. The summed E-state index contributed by atoms with van der Waals surface area (Å²) >= 11 is 0. The quantitative estimate of drug-likeness (QED) is 0.811. The van der Waals surface area contributed by atoms with Gasteiger partial charge in [0, 0.05) is 19.6 Å². The zero-order chi connectivity index (χ0) is 17.0. The highest BCUT2D eigenvalue weighted by Gasteiger charge is 2.21. The van der Waals surface area contributed by atoms with Gasteiger partial charge in [-0.15, -0.1) is 0 Å². The van der Waals surface area contributed by atoms with E-state index in [0.29, 0.717) is 11.4 Å². The lowest BCUT2D eigenvalue weighted by molar-refractivity contribution is 0.140. The van der Waals surface area contributed by atoms with E-state index in [-0.39, 0.29) is 0 Å². The minimum absolute atomic E-state index is 0.401. The lowest BCUT2D eigenvalue weighted by Crippen LogP contribution is -2.40. The van der Waals surface area contributed by atoms with E-state index in [0.717, 1.165) is 49.0 Å². The predicted octanol–water partition coefficient (Wildman–Crippen LogP) is 2.95. The summed E-state index contributed by atoms with van der Waals surface area (Å²) in [5, 5.41) is 0. The van der Waals surface area contributed by atoms with Gasteiger partial charge in [0.2, 0.25) is 10.0 Å². The molecule has 2 atom stereocenters. The molecule has 0 bridgehead atoms. The first kappa shape index (κ1) is 18.4. The highest BCUT2D eigenvalue weighted by molar-refractivity contribution is 7.89. The second-order valence-corrected chi connectivity index (χ2v) is 8.96. The van der Waals surface area contributed by atoms with Gasteiger partial charge in [-0.05, 0) is 62.3 Å². The van der Waals surface area contributed by atoms with Crippen LogP contribution in [0.5, 0.6) is 0 Å². The minimum atomic E-state index is -3.41. The summed E-state index contributed by atoms with van der Waals surface area (Å²) in [5.41, 5.74) is 1.76. The summed E-state index contributed by atoms with van der Waals surface area (Å²) in [5.74, 6) is 1.48. The highest BCUT2D eigenvalue weighted by Crippen LogP contribution is 2.21. The molecule has 4 nitrogen and oxygen atoms in total. The first-order valence-corrected chi connectivity index (χ1v) is 10.1. The maximum atomic E-state index is 12.4. The Morgan fingerprint density at radius 3 is 2.48 bits per heavy atom. The van der Waals surface area contributed by atoms with Crippen LogP contribution in [0, 0.1) is 25.7 Å². The Morgan fingerprint density at radius 1 is 1.17 bits per heavy atom. The standard InChI is InChI=1S/C18H30N2O2S/c1-14-6-7-17(4)18(11-14)23(21,22)19-8-5-9-20-12-15(2)10-16(3)13-20/h6-7,11,15-16,19H,5,8-10,12-13H2,1-4H3/t15-,16-/m1/s1. The van der Waals surface area contributed by atoms with Crippen LogP contribution in [0.3, 0.4) is 0 Å². The van der Waals surface area contributed by atoms with E-state index in [1.165, 1.54) is 6.42 Å². The topological polar surface area (TPSA) is 49.4 Å². The van der Waals surface area contributed by atoms with Gasteiger partial charge >= 0.3 is 0 Å². The molecule has 5 heteroatoms. The van der Waals surface area contributed by atoms with Gasteiger partial charge in [-0.2, -0.15) is 0 Å². The third-order valence-corrected chi connectivity index (χ3v) is 6.12. The van der Waals surface area contributed by atoms with E-state index < -0.39 is 10.0 Å². The Balaban J connectivity index is 1.84. The smallest absolute Gasteiger partial charge is 0.240 e. The van der Waals surface area contributed by atoms with Gasteiger partial charge in [0.1, 0.15) is 0 Å². The molecule has 1 fully saturated rings. The Hall–Kier alpha value is -0.910. The highest BCUT2D eigenvalue weighted by atomic mass is 32.2. The molecule has 23 heavy (non-hydrogen) atoms. The second kappa shape index (κ2) is 7.77. The average Bonchev–Trinajstić information content (AvgIpc) is 2.45. The van der Waals surface area contributed by atoms with Gasteiger partial charge in [-0.3, -0.25) is 0 Å². The molecule has 1 aliphatic rings. The predicted molar refractivity (Wildman–Crippen MR) is 95.1 cm³/mol. The lowest BCUT2D eigenvalue weighted by atomic mass is 9.92. The molecule has 0 radical (unpaired) electrons. The number of aryl methyl sites for hydroxylation is 2. The Labute approximate surface area is 141 Å². The van der Waals surface area contributed by atoms with Gasteiger partial charge in [0.25, 0.3) is 0 Å². The number of rotatable bonds is 6. The zero-order valence-corrected chi connectivity index (χ0v) is 15.6. The van der Waals surface area contributed by atoms with Crippen LogP contribution in [0.25, 0.3) is 0 Å². The van der Waals surface area contributed by atoms with Crippen molar-refractivity contribution in [1.82, 2.24) is 9.62 Å². The fourth-order valence-corrected chi connectivity index (χ4v) is 4.96. The number of likely N-dealkylation sites (tertiary alicyclic amines) is 1. The summed E-state index contributed by atoms with van der Waals surface area (Å²) in [6.45, 7) is 12.1. The molecule has 0 unspecified atom stereocenters. The fourth-order valence-electron chi connectivity index (χ4n) is 3.56. The van der Waals surface area contributed by atoms with Crippen LogP contribution in [-0.4, -0.2) is 39.5 Å². The van der Waals surface area contributed by atoms with E-state index in [9.17, 15) is 8.42 Å². The Kier molecular flexibility index (Phi) is 6.23. The van der Waals surface area contributed by atoms with Gasteiger partial charge < -0.3 is 4.90 Å². The minimum Gasteiger partial charge on any atom is -0.303 e. The number of piperidine rings is 1. The van der Waals surface area contributed by atoms with Crippen molar-refractivity contribution in [2.75, 3.05) is 26.2 Å². The maximum absolute atomic E-state index is 12.4. The van der Waals surface area contributed by atoms with E-state index >= 15 is 0 Å². The van der Waals surface area contributed by atoms with Crippen molar-refractivity contribution in [3.8, 4) is 0 Å². The molecule has 0 saturated carbocycles. The first-order valence-electron chi connectivity index (χ1n) is 8.57. The molecule has 0 amide bonds. The number of benzene rings is 1. The molecule has 0 aromatic heterocycles. The SMILES string of the molecule is Cc1ccc(C)c(S(=O)(=O)NCCCN2C[C@H](C)C[C@@H](C)C2)c1. The largest absolute Gasteiger partial charge is 0.303 e. The van der Waals surface area contributed by atoms with Crippen molar-refractivity contribution in [2.24, 2.45) is 11.8 Å². The molecule has 1 heterocycles.